The summed E-state index contributed by atoms with van der Waals surface area (Å²) < 4.78 is 13.6. The Morgan fingerprint density at radius 2 is 0.517 bits per heavy atom. The predicted octanol–water partition coefficient (Wildman–Crippen LogP) is 5.61. The fraction of sp³-hybridized carbons (Fsp3) is 0.324. The Hall–Kier alpha value is 9.87. The smallest absolute Gasteiger partial charge is 0.344 e. The molecule has 0 saturated heterocycles. The predicted molar refractivity (Wildman–Crippen MR) is 210 cm³/mol. The van der Waals surface area contributed by atoms with Crippen molar-refractivity contribution in [2.75, 3.05) is 0 Å². The van der Waals surface area contributed by atoms with Gasteiger partial charge < -0.3 is 34.6 Å². The number of aliphatic hydroxyl groups excluding tert-OH is 6. The molecule has 0 aromatic rings. The minimum atomic E-state index is 0. The molecule has 0 rings (SSSR count). The number of rotatable bonds is 5. The molecule has 0 bridgehead atoms. The molecule has 23 heteroatoms. The summed E-state index contributed by atoms with van der Waals surface area (Å²) in [5, 5.41) is 48.0. The van der Waals surface area contributed by atoms with Crippen molar-refractivity contribution < 1.29 is 389 Å². The molecular formula is C37H61NO6SW10Y5-14. The second-order valence-electron chi connectivity index (χ2n) is 5.73. The maximum atomic E-state index is 8.13. The Morgan fingerprint density at radius 1 is 0.500 bits per heavy atom. The van der Waals surface area contributed by atoms with Gasteiger partial charge in [-0.15, -0.1) is 0 Å². The van der Waals surface area contributed by atoms with Gasteiger partial charge in [0, 0.05) is 164 Å². The van der Waals surface area contributed by atoms with Crippen molar-refractivity contribution in [3.8, 4) is 0 Å². The van der Waals surface area contributed by atoms with Gasteiger partial charge in [-0.1, -0.05) is 34.6 Å². The molecule has 0 aromatic heterocycles. The quantitative estimate of drug-likeness (QED) is 0.102. The second-order valence-corrected chi connectivity index (χ2v) is 19.8. The third-order valence-electron chi connectivity index (χ3n) is 0.713. The molecule has 0 aliphatic heterocycles. The van der Waals surface area contributed by atoms with Crippen molar-refractivity contribution in [3.05, 3.63) is 97.9 Å². The summed E-state index contributed by atoms with van der Waals surface area (Å²) in [6.07, 6.45) is 10.9. The fourth-order valence-corrected chi connectivity index (χ4v) is 0. The van der Waals surface area contributed by atoms with Crippen LogP contribution in [-0.4, -0.2) is 72.7 Å². The first-order chi connectivity index (χ1) is 25.5. The first-order valence-corrected chi connectivity index (χ1v) is 29.2. The molecule has 0 aromatic carbocycles. The van der Waals surface area contributed by atoms with Crippen LogP contribution in [-0.2, 0) is 357 Å². The van der Waals surface area contributed by atoms with E-state index in [1.54, 1.807) is 0 Å². The van der Waals surface area contributed by atoms with Crippen molar-refractivity contribution in [1.82, 2.24) is 0 Å². The van der Waals surface area contributed by atoms with E-state index < -0.39 is 0 Å². The van der Waals surface area contributed by atoms with Crippen LogP contribution in [0.4, 0.5) is 0 Å². The van der Waals surface area contributed by atoms with E-state index in [-0.39, 0.29) is 185 Å². The van der Waals surface area contributed by atoms with E-state index in [1.165, 1.54) is 108 Å². The number of hydrogen-bond donors (Lipinski definition) is 8. The first kappa shape index (κ1) is 133. The average Bonchev–Trinajstić information content (AvgIpc) is 3.09. The Morgan fingerprint density at radius 3 is 0.517 bits per heavy atom. The van der Waals surface area contributed by atoms with Crippen molar-refractivity contribution in [2.24, 2.45) is 5.73 Å². The molecule has 0 aliphatic rings. The van der Waals surface area contributed by atoms with E-state index >= 15 is 0 Å². The van der Waals surface area contributed by atoms with Crippen LogP contribution in [0.5, 0.6) is 0 Å². The fourth-order valence-electron chi connectivity index (χ4n) is 0. The maximum Gasteiger partial charge on any atom is 1.00 e. The molecule has 0 heterocycles. The molecule has 5 radical (unpaired) electrons. The minimum Gasteiger partial charge on any atom is -0.344 e. The summed E-state index contributed by atoms with van der Waals surface area (Å²) >= 11 is 14.9. The van der Waals surface area contributed by atoms with E-state index in [1.807, 2.05) is 53.1 Å². The van der Waals surface area contributed by atoms with Crippen molar-refractivity contribution >= 4 is 54.7 Å². The summed E-state index contributed by atoms with van der Waals surface area (Å²) in [5.41, 5.74) is 4.63. The van der Waals surface area contributed by atoms with Gasteiger partial charge >= 0.3 is 363 Å². The van der Waals surface area contributed by atoms with Crippen LogP contribution in [0.2, 0.25) is 0 Å². The normalized spacial score (nSPS) is 5.33. The van der Waals surface area contributed by atoms with Gasteiger partial charge in [0.2, 0.25) is 0 Å². The molecule has 0 unspecified atom stereocenters. The molecule has 0 amide bonds. The molecule has 345 valence electrons. The zero-order valence-electron chi connectivity index (χ0n) is 36.5. The van der Waals surface area contributed by atoms with Crippen LogP contribution in [0.3, 0.4) is 0 Å². The Labute approximate surface area is 614 Å². The van der Waals surface area contributed by atoms with Crippen LogP contribution < -0.4 is 5.73 Å². The largest absolute Gasteiger partial charge is 1.00 e. The number of thiol groups is 1. The number of nitrogens with two attached hydrogens (primary N) is 1. The van der Waals surface area contributed by atoms with Crippen molar-refractivity contribution in [2.45, 2.75) is 80.6 Å². The number of aliphatic hydroxyl groups is 6. The second kappa shape index (κ2) is 200. The summed E-state index contributed by atoms with van der Waals surface area (Å²) in [7, 11) is 0. The van der Waals surface area contributed by atoms with Crippen molar-refractivity contribution in [1.29, 1.82) is 0 Å². The van der Waals surface area contributed by atoms with E-state index in [4.69, 9.17) is 63.5 Å². The molecule has 0 saturated carbocycles. The monoisotopic (exact) mass is 2930 g/mol. The van der Waals surface area contributed by atoms with Gasteiger partial charge in [0.05, 0.1) is 0 Å². The molecule has 8 N–H and O–H groups in total. The topological polar surface area (TPSA) is 147 Å². The van der Waals surface area contributed by atoms with Crippen LogP contribution in [0.25, 0.3) is 0 Å². The molecule has 60 heavy (non-hydrogen) atoms. The zero-order valence-corrected chi connectivity index (χ0v) is 79.9. The average molecular weight is 2930 g/mol. The summed E-state index contributed by atoms with van der Waals surface area (Å²) in [4.78, 5) is 0. The third kappa shape index (κ3) is 769. The number of hydrogen-bond acceptors (Lipinski definition) is 8. The molecule has 0 fully saturated rings. The van der Waals surface area contributed by atoms with Gasteiger partial charge in [0.1, 0.15) is 0 Å². The van der Waals surface area contributed by atoms with Crippen LogP contribution >= 0.6 is 12.6 Å². The Kier molecular flexibility index (Phi) is 443. The van der Waals surface area contributed by atoms with Crippen LogP contribution in [0, 0.1) is 67.5 Å². The summed E-state index contributed by atoms with van der Waals surface area (Å²) in [5.74, 6) is 0. The standard InChI is InChI=1S/5C3H3O.5C3H7.2C2H3.CH2N.CHO.CHS.10W.5Y/c5*1-2-3-4;5*1-3-2;5*1-2;;;;;;;;;;;;;;;/h5*1-2,4H;5*1,3H2,2H3;2*1H3;2H2;2*2H;;;;;;;;;;;;;;;/q15*-1;;;;;;;;;;;;;;;/p+1. The van der Waals surface area contributed by atoms with Gasteiger partial charge in [-0.2, -0.15) is 32.1 Å². The van der Waals surface area contributed by atoms with Gasteiger partial charge in [-0.25, -0.2) is 0 Å². The van der Waals surface area contributed by atoms with Crippen LogP contribution in [0.1, 0.15) is 82.0 Å². The summed E-state index contributed by atoms with van der Waals surface area (Å²) in [6, 6.07) is 0. The van der Waals surface area contributed by atoms with E-state index in [0.717, 1.165) is 148 Å². The van der Waals surface area contributed by atoms with Gasteiger partial charge in [-0.3, -0.25) is 0 Å². The maximum absolute atomic E-state index is 8.13. The summed E-state index contributed by atoms with van der Waals surface area (Å²) in [6.45, 7) is 55.2. The van der Waals surface area contributed by atoms with E-state index in [2.05, 4.69) is 70.0 Å². The molecule has 7 nitrogen and oxygen atoms in total. The van der Waals surface area contributed by atoms with Gasteiger partial charge in [0.25, 0.3) is 0 Å². The first-order valence-electron chi connectivity index (χ1n) is 14.0. The van der Waals surface area contributed by atoms with Crippen molar-refractivity contribution in [3.63, 3.8) is 0 Å². The van der Waals surface area contributed by atoms with Gasteiger partial charge in [-0.05, 0) is 0 Å². The molecular weight excluding hydrogens is 2870 g/mol. The Balaban J connectivity index is -0.0000000148. The van der Waals surface area contributed by atoms with Gasteiger partial charge in [0.15, 0.2) is 0 Å². The zero-order chi connectivity index (χ0) is 48.5. The third-order valence-corrected chi connectivity index (χ3v) is 3.16. The van der Waals surface area contributed by atoms with E-state index in [0.29, 0.717) is 0 Å². The van der Waals surface area contributed by atoms with E-state index in [9.17, 15) is 0 Å². The SMILES string of the molecule is C[C-]=[W].C[C-]=[W].N[C-]=[W].O[C-]=[W].S[C-]=[W].[CH-]=C[C](O)=[W].[CH-]=C[C](O)=[W].[CH-]=C[C](O)=[W].[CH-]=C[C](O)=[W].[CH-]=C[C](O)=[W].[CH2-]CC.[CH2-]CC.[CH2-]CC.[CH2-]CC.[CH2-]CC.[H+].[Y].[Y].[Y].[Y].[Y]. The molecule has 0 spiro atoms. The minimum absolute atomic E-state index is 0. The molecule has 0 aliphatic carbocycles. The Bertz CT molecular complexity index is 701. The molecule has 0 atom stereocenters. The van der Waals surface area contributed by atoms with Crippen LogP contribution in [0.15, 0.2) is 30.4 Å².